The van der Waals surface area contributed by atoms with E-state index in [1.54, 1.807) is 17.3 Å². The number of carbonyl (C=O) groups excluding carboxylic acids is 1. The van der Waals surface area contributed by atoms with E-state index in [0.29, 0.717) is 30.6 Å². The van der Waals surface area contributed by atoms with Gasteiger partial charge >= 0.3 is 6.09 Å². The Morgan fingerprint density at radius 1 is 0.978 bits per heavy atom. The van der Waals surface area contributed by atoms with Crippen LogP contribution in [0.3, 0.4) is 0 Å². The second-order valence-corrected chi connectivity index (χ2v) is 13.7. The van der Waals surface area contributed by atoms with Crippen molar-refractivity contribution < 1.29 is 19.4 Å². The molecule has 9 nitrogen and oxygen atoms in total. The predicted octanol–water partition coefficient (Wildman–Crippen LogP) is 7.70. The lowest BCUT2D eigenvalue weighted by atomic mass is 9.81. The number of hydrogen-bond donors (Lipinski definition) is 2. The highest BCUT2D eigenvalue weighted by Gasteiger charge is 2.28. The number of hydrogen-bond acceptors (Lipinski definition) is 8. The molecule has 0 spiro atoms. The van der Waals surface area contributed by atoms with Crippen LogP contribution >= 0.6 is 0 Å². The topological polar surface area (TPSA) is 110 Å². The molecule has 0 radical (unpaired) electrons. The Hall–Kier alpha value is -4.24. The largest absolute Gasteiger partial charge is 0.444 e. The number of amides is 1. The number of nitrogens with one attached hydrogen (secondary N) is 1. The van der Waals surface area contributed by atoms with Crippen molar-refractivity contribution in [2.24, 2.45) is 5.92 Å². The van der Waals surface area contributed by atoms with E-state index in [2.05, 4.69) is 45.6 Å². The number of benzene rings is 2. The van der Waals surface area contributed by atoms with Crippen LogP contribution in [0.2, 0.25) is 0 Å². The van der Waals surface area contributed by atoms with E-state index in [1.807, 2.05) is 45.9 Å². The maximum absolute atomic E-state index is 12.7. The summed E-state index contributed by atoms with van der Waals surface area (Å²) in [5.74, 6) is 1.99. The van der Waals surface area contributed by atoms with Crippen LogP contribution < -0.4 is 10.1 Å². The SMILES string of the molecule is Cc1ccc2c(C[C@@H]3CCCC[C@H]3O)cccc2c1Oc1ncccc1-c1ccnc(N[C@H]2CCCN(C(=O)OC(C)(C)C)C2)n1. The molecule has 2 fully saturated rings. The van der Waals surface area contributed by atoms with Gasteiger partial charge in [-0.3, -0.25) is 0 Å². The van der Waals surface area contributed by atoms with Crippen LogP contribution in [-0.2, 0) is 11.2 Å². The third-order valence-electron chi connectivity index (χ3n) is 8.96. The van der Waals surface area contributed by atoms with E-state index >= 15 is 0 Å². The van der Waals surface area contributed by atoms with Gasteiger partial charge in [0.05, 0.1) is 17.4 Å². The Kier molecular flexibility index (Phi) is 9.40. The third kappa shape index (κ3) is 7.41. The predicted molar refractivity (Wildman–Crippen MR) is 180 cm³/mol. The zero-order valence-corrected chi connectivity index (χ0v) is 27.3. The van der Waals surface area contributed by atoms with E-state index in [0.717, 1.165) is 66.2 Å². The van der Waals surface area contributed by atoms with Crippen molar-refractivity contribution >= 4 is 22.8 Å². The minimum atomic E-state index is -0.538. The molecule has 2 aromatic heterocycles. The number of nitrogens with zero attached hydrogens (tertiary/aromatic N) is 4. The highest BCUT2D eigenvalue weighted by atomic mass is 16.6. The van der Waals surface area contributed by atoms with Crippen molar-refractivity contribution in [3.63, 3.8) is 0 Å². The molecule has 1 aliphatic heterocycles. The van der Waals surface area contributed by atoms with Gasteiger partial charge in [0, 0.05) is 36.9 Å². The third-order valence-corrected chi connectivity index (χ3v) is 8.96. The lowest BCUT2D eigenvalue weighted by Gasteiger charge is -2.34. The van der Waals surface area contributed by atoms with Gasteiger partial charge in [-0.2, -0.15) is 0 Å². The Labute approximate surface area is 271 Å². The van der Waals surface area contributed by atoms with E-state index in [4.69, 9.17) is 14.5 Å². The van der Waals surface area contributed by atoms with Gasteiger partial charge in [-0.25, -0.2) is 19.7 Å². The molecule has 242 valence electrons. The summed E-state index contributed by atoms with van der Waals surface area (Å²) in [4.78, 5) is 28.4. The summed E-state index contributed by atoms with van der Waals surface area (Å²) in [5, 5.41) is 16.2. The molecule has 1 saturated carbocycles. The Balaban J connectivity index is 1.23. The number of anilines is 1. The van der Waals surface area contributed by atoms with Gasteiger partial charge in [0.1, 0.15) is 11.4 Å². The standard InChI is InChI=1S/C37H45N5O4/c1-24-16-17-28-25(22-26-10-5-6-15-32(26)43)11-7-13-29(28)33(24)45-34-30(14-8-19-38-34)31-18-20-39-35(41-31)40-27-12-9-21-42(23-27)36(44)46-37(2,3)4/h7-8,11,13-14,16-20,26-27,32,43H,5-6,9-10,12,15,21-23H2,1-4H3,(H,39,40,41)/t26-,27-,32+/m0/s1. The number of aromatic nitrogens is 3. The highest BCUT2D eigenvalue weighted by Crippen LogP contribution is 2.39. The molecule has 2 aliphatic rings. The molecular weight excluding hydrogens is 578 g/mol. The van der Waals surface area contributed by atoms with Crippen LogP contribution in [0.25, 0.3) is 22.0 Å². The lowest BCUT2D eigenvalue weighted by molar-refractivity contribution is 0.0206. The van der Waals surface area contributed by atoms with Gasteiger partial charge in [0.25, 0.3) is 0 Å². The minimum Gasteiger partial charge on any atom is -0.444 e. The molecule has 1 aliphatic carbocycles. The van der Waals surface area contributed by atoms with Crippen LogP contribution in [0, 0.1) is 12.8 Å². The molecule has 1 saturated heterocycles. The maximum atomic E-state index is 12.7. The average Bonchev–Trinajstić information content (AvgIpc) is 3.03. The molecule has 9 heteroatoms. The van der Waals surface area contributed by atoms with E-state index in [9.17, 15) is 9.90 Å². The average molecular weight is 624 g/mol. The molecule has 4 aromatic rings. The molecule has 3 heterocycles. The van der Waals surface area contributed by atoms with Crippen LogP contribution in [0.5, 0.6) is 11.6 Å². The number of rotatable bonds is 7. The molecule has 0 bridgehead atoms. The van der Waals surface area contributed by atoms with Crippen LogP contribution in [0.4, 0.5) is 10.7 Å². The van der Waals surface area contributed by atoms with Gasteiger partial charge in [-0.15, -0.1) is 0 Å². The Morgan fingerprint density at radius 3 is 2.65 bits per heavy atom. The lowest BCUT2D eigenvalue weighted by Crippen LogP contribution is -2.47. The number of fused-ring (bicyclic) bond motifs is 1. The van der Waals surface area contributed by atoms with Gasteiger partial charge in [0.2, 0.25) is 11.8 Å². The number of aliphatic hydroxyl groups is 1. The highest BCUT2D eigenvalue weighted by molar-refractivity contribution is 5.92. The first-order valence-electron chi connectivity index (χ1n) is 16.5. The number of aryl methyl sites for hydroxylation is 1. The first kappa shape index (κ1) is 31.7. The molecule has 0 unspecified atom stereocenters. The number of ether oxygens (including phenoxy) is 2. The zero-order valence-electron chi connectivity index (χ0n) is 27.3. The summed E-state index contributed by atoms with van der Waals surface area (Å²) in [6, 6.07) is 16.3. The van der Waals surface area contributed by atoms with Crippen molar-refractivity contribution in [3.8, 4) is 22.9 Å². The molecule has 3 atom stereocenters. The van der Waals surface area contributed by atoms with Crippen molar-refractivity contribution in [1.82, 2.24) is 19.9 Å². The Bertz CT molecular complexity index is 1690. The van der Waals surface area contributed by atoms with Crippen molar-refractivity contribution in [2.75, 3.05) is 18.4 Å². The van der Waals surface area contributed by atoms with E-state index in [-0.39, 0.29) is 24.2 Å². The fraction of sp³-hybridized carbons (Fsp3) is 0.459. The zero-order chi connectivity index (χ0) is 32.3. The van der Waals surface area contributed by atoms with Gasteiger partial charge in [-0.1, -0.05) is 43.2 Å². The minimum absolute atomic E-state index is 0.00314. The molecule has 6 rings (SSSR count). The first-order valence-corrected chi connectivity index (χ1v) is 16.5. The fourth-order valence-corrected chi connectivity index (χ4v) is 6.64. The van der Waals surface area contributed by atoms with Crippen LogP contribution in [0.1, 0.15) is 70.4 Å². The number of pyridine rings is 1. The maximum Gasteiger partial charge on any atom is 0.410 e. The number of piperidine rings is 1. The molecule has 1 amide bonds. The molecule has 46 heavy (non-hydrogen) atoms. The Morgan fingerprint density at radius 2 is 1.83 bits per heavy atom. The van der Waals surface area contributed by atoms with E-state index < -0.39 is 5.60 Å². The van der Waals surface area contributed by atoms with Gasteiger partial charge < -0.3 is 24.8 Å². The smallest absolute Gasteiger partial charge is 0.410 e. The quantitative estimate of drug-likeness (QED) is 0.216. The second-order valence-electron chi connectivity index (χ2n) is 13.7. The number of aliphatic hydroxyl groups excluding tert-OH is 1. The summed E-state index contributed by atoms with van der Waals surface area (Å²) >= 11 is 0. The number of likely N-dealkylation sites (tertiary alicyclic amines) is 1. The molecular formula is C37H45N5O4. The van der Waals surface area contributed by atoms with E-state index in [1.165, 1.54) is 12.0 Å². The van der Waals surface area contributed by atoms with Crippen molar-refractivity contribution in [2.45, 2.75) is 90.4 Å². The number of carbonyl (C=O) groups is 1. The summed E-state index contributed by atoms with van der Waals surface area (Å²) in [6.07, 6.45) is 9.75. The van der Waals surface area contributed by atoms with Crippen molar-refractivity contribution in [3.05, 3.63) is 72.1 Å². The summed E-state index contributed by atoms with van der Waals surface area (Å²) in [6.45, 7) is 8.87. The second kappa shape index (κ2) is 13.6. The van der Waals surface area contributed by atoms with Gasteiger partial charge in [0.15, 0.2) is 0 Å². The monoisotopic (exact) mass is 623 g/mol. The first-order chi connectivity index (χ1) is 22.1. The summed E-state index contributed by atoms with van der Waals surface area (Å²) in [7, 11) is 0. The summed E-state index contributed by atoms with van der Waals surface area (Å²) < 4.78 is 12.2. The van der Waals surface area contributed by atoms with Crippen LogP contribution in [-0.4, -0.2) is 61.9 Å². The van der Waals surface area contributed by atoms with Crippen molar-refractivity contribution in [1.29, 1.82) is 0 Å². The molecule has 2 aromatic carbocycles. The van der Waals surface area contributed by atoms with Gasteiger partial charge in [-0.05, 0) is 100 Å². The normalized spacial score (nSPS) is 20.4. The summed E-state index contributed by atoms with van der Waals surface area (Å²) in [5.41, 5.74) is 3.14. The molecule has 2 N–H and O–H groups in total. The van der Waals surface area contributed by atoms with Crippen LogP contribution in [0.15, 0.2) is 60.9 Å². The fourth-order valence-electron chi connectivity index (χ4n) is 6.64.